The zero-order valence-electron chi connectivity index (χ0n) is 10.9. The lowest BCUT2D eigenvalue weighted by Gasteiger charge is -2.41. The van der Waals surface area contributed by atoms with E-state index in [1.54, 1.807) is 6.33 Å². The van der Waals surface area contributed by atoms with Crippen LogP contribution >= 0.6 is 0 Å². The van der Waals surface area contributed by atoms with Gasteiger partial charge in [-0.3, -0.25) is 0 Å². The molecule has 2 N–H and O–H groups in total. The van der Waals surface area contributed by atoms with Crippen LogP contribution in [0.5, 0.6) is 0 Å². The fourth-order valence-corrected chi connectivity index (χ4v) is 2.85. The maximum absolute atomic E-state index is 6.40. The molecule has 0 amide bonds. The van der Waals surface area contributed by atoms with Gasteiger partial charge in [-0.15, -0.1) is 0 Å². The molecule has 1 aliphatic rings. The van der Waals surface area contributed by atoms with E-state index in [9.17, 15) is 0 Å². The summed E-state index contributed by atoms with van der Waals surface area (Å²) in [6.45, 7) is 2.77. The molecule has 1 unspecified atom stereocenters. The Kier molecular flexibility index (Phi) is 3.84. The van der Waals surface area contributed by atoms with Crippen LogP contribution in [0.2, 0.25) is 0 Å². The highest BCUT2D eigenvalue weighted by molar-refractivity contribution is 5.11. The van der Waals surface area contributed by atoms with Gasteiger partial charge in [0.1, 0.15) is 0 Å². The number of aromatic nitrogens is 2. The average molecular weight is 237 g/mol. The lowest BCUT2D eigenvalue weighted by molar-refractivity contribution is -0.0838. The van der Waals surface area contributed by atoms with Crippen molar-refractivity contribution in [2.24, 2.45) is 12.8 Å². The summed E-state index contributed by atoms with van der Waals surface area (Å²) in [5.41, 5.74) is 7.16. The minimum Gasteiger partial charge on any atom is -0.373 e. The number of hydrogen-bond donors (Lipinski definition) is 1. The van der Waals surface area contributed by atoms with Gasteiger partial charge in [-0.05, 0) is 19.8 Å². The van der Waals surface area contributed by atoms with Gasteiger partial charge in [0, 0.05) is 19.9 Å². The van der Waals surface area contributed by atoms with E-state index >= 15 is 0 Å². The van der Waals surface area contributed by atoms with E-state index < -0.39 is 0 Å². The topological polar surface area (TPSA) is 53.1 Å². The van der Waals surface area contributed by atoms with Crippen molar-refractivity contribution >= 4 is 0 Å². The number of rotatable bonds is 4. The Labute approximate surface area is 103 Å². The minimum atomic E-state index is -0.193. The molecule has 0 aliphatic heterocycles. The molecule has 0 bridgehead atoms. The zero-order valence-corrected chi connectivity index (χ0v) is 10.9. The largest absolute Gasteiger partial charge is 0.373 e. The number of hydrogen-bond acceptors (Lipinski definition) is 3. The molecule has 4 heteroatoms. The van der Waals surface area contributed by atoms with Crippen molar-refractivity contribution in [1.82, 2.24) is 9.55 Å². The Morgan fingerprint density at radius 1 is 1.47 bits per heavy atom. The molecule has 1 aromatic rings. The first-order chi connectivity index (χ1) is 8.18. The van der Waals surface area contributed by atoms with Crippen LogP contribution in [0.4, 0.5) is 0 Å². The highest BCUT2D eigenvalue weighted by atomic mass is 16.5. The maximum atomic E-state index is 6.40. The third-order valence-corrected chi connectivity index (χ3v) is 3.74. The molecule has 0 aromatic carbocycles. The summed E-state index contributed by atoms with van der Waals surface area (Å²) in [4.78, 5) is 4.38. The lowest BCUT2D eigenvalue weighted by atomic mass is 9.78. The SMILES string of the molecule is CCOC1(C(N)c2cn(C)cn2)CCCCC1. The summed E-state index contributed by atoms with van der Waals surface area (Å²) >= 11 is 0. The molecule has 1 aromatic heterocycles. The third kappa shape index (κ3) is 2.53. The van der Waals surface area contributed by atoms with Crippen LogP contribution in [0.1, 0.15) is 50.8 Å². The van der Waals surface area contributed by atoms with Crippen LogP contribution in [0.3, 0.4) is 0 Å². The van der Waals surface area contributed by atoms with Crippen LogP contribution in [0, 0.1) is 0 Å². The van der Waals surface area contributed by atoms with Gasteiger partial charge >= 0.3 is 0 Å². The molecule has 1 atom stereocenters. The Hall–Kier alpha value is -0.870. The molecule has 96 valence electrons. The van der Waals surface area contributed by atoms with Gasteiger partial charge in [-0.25, -0.2) is 4.98 Å². The smallest absolute Gasteiger partial charge is 0.0947 e. The van der Waals surface area contributed by atoms with Gasteiger partial charge in [0.2, 0.25) is 0 Å². The quantitative estimate of drug-likeness (QED) is 0.873. The minimum absolute atomic E-state index is 0.107. The molecule has 0 radical (unpaired) electrons. The monoisotopic (exact) mass is 237 g/mol. The highest BCUT2D eigenvalue weighted by Crippen LogP contribution is 2.39. The number of imidazole rings is 1. The van der Waals surface area contributed by atoms with Crippen LogP contribution in [-0.2, 0) is 11.8 Å². The van der Waals surface area contributed by atoms with Gasteiger partial charge < -0.3 is 15.0 Å². The van der Waals surface area contributed by atoms with Crippen molar-refractivity contribution in [3.63, 3.8) is 0 Å². The van der Waals surface area contributed by atoms with Gasteiger partial charge in [-0.1, -0.05) is 19.3 Å². The molecular formula is C13H23N3O. The summed E-state index contributed by atoms with van der Waals surface area (Å²) in [6.07, 6.45) is 9.62. The zero-order chi connectivity index (χ0) is 12.3. The lowest BCUT2D eigenvalue weighted by Crippen LogP contribution is -2.45. The van der Waals surface area contributed by atoms with Gasteiger partial charge in [0.15, 0.2) is 0 Å². The Balaban J connectivity index is 2.20. The molecule has 4 nitrogen and oxygen atoms in total. The second kappa shape index (κ2) is 5.19. The third-order valence-electron chi connectivity index (χ3n) is 3.74. The van der Waals surface area contributed by atoms with Gasteiger partial charge in [0.25, 0.3) is 0 Å². The first-order valence-corrected chi connectivity index (χ1v) is 6.55. The second-order valence-corrected chi connectivity index (χ2v) is 5.00. The first-order valence-electron chi connectivity index (χ1n) is 6.55. The van der Waals surface area contributed by atoms with Crippen molar-refractivity contribution in [3.05, 3.63) is 18.2 Å². The van der Waals surface area contributed by atoms with E-state index in [2.05, 4.69) is 4.98 Å². The van der Waals surface area contributed by atoms with Crippen LogP contribution < -0.4 is 5.73 Å². The molecule has 1 heterocycles. The van der Waals surface area contributed by atoms with Crippen molar-refractivity contribution < 1.29 is 4.74 Å². The number of nitrogens with two attached hydrogens (primary N) is 1. The molecule has 17 heavy (non-hydrogen) atoms. The summed E-state index contributed by atoms with van der Waals surface area (Å²) in [5, 5.41) is 0. The van der Waals surface area contributed by atoms with E-state index in [4.69, 9.17) is 10.5 Å². The van der Waals surface area contributed by atoms with Crippen LogP contribution in [0.15, 0.2) is 12.5 Å². The summed E-state index contributed by atoms with van der Waals surface area (Å²) in [7, 11) is 1.97. The number of nitrogens with zero attached hydrogens (tertiary/aromatic N) is 2. The normalized spacial score (nSPS) is 21.4. The van der Waals surface area contributed by atoms with Gasteiger partial charge in [0.05, 0.1) is 23.7 Å². The van der Waals surface area contributed by atoms with E-state index in [-0.39, 0.29) is 11.6 Å². The molecule has 1 fully saturated rings. The van der Waals surface area contributed by atoms with E-state index in [1.165, 1.54) is 19.3 Å². The Bertz CT molecular complexity index is 350. The molecular weight excluding hydrogens is 214 g/mol. The molecule has 1 saturated carbocycles. The van der Waals surface area contributed by atoms with Crippen LogP contribution in [-0.4, -0.2) is 21.8 Å². The molecule has 0 spiro atoms. The predicted molar refractivity (Wildman–Crippen MR) is 67.6 cm³/mol. The molecule has 2 rings (SSSR count). The number of ether oxygens (including phenoxy) is 1. The highest BCUT2D eigenvalue weighted by Gasteiger charge is 2.40. The average Bonchev–Trinajstić information content (AvgIpc) is 2.76. The fraction of sp³-hybridized carbons (Fsp3) is 0.769. The summed E-state index contributed by atoms with van der Waals surface area (Å²) in [5.74, 6) is 0. The van der Waals surface area contributed by atoms with Crippen molar-refractivity contribution in [3.8, 4) is 0 Å². The maximum Gasteiger partial charge on any atom is 0.0947 e. The standard InChI is InChI=1S/C13H23N3O/c1-3-17-13(7-5-4-6-8-13)12(14)11-9-16(2)10-15-11/h9-10,12H,3-8,14H2,1-2H3. The second-order valence-electron chi connectivity index (χ2n) is 5.00. The fourth-order valence-electron chi connectivity index (χ4n) is 2.85. The predicted octanol–water partition coefficient (Wildman–Crippen LogP) is 2.16. The Morgan fingerprint density at radius 3 is 2.71 bits per heavy atom. The summed E-state index contributed by atoms with van der Waals surface area (Å²) < 4.78 is 7.96. The number of aryl methyl sites for hydroxylation is 1. The van der Waals surface area contributed by atoms with Crippen molar-refractivity contribution in [1.29, 1.82) is 0 Å². The summed E-state index contributed by atoms with van der Waals surface area (Å²) in [6, 6.07) is -0.107. The van der Waals surface area contributed by atoms with E-state index in [0.717, 1.165) is 25.1 Å². The van der Waals surface area contributed by atoms with Crippen molar-refractivity contribution in [2.45, 2.75) is 50.7 Å². The van der Waals surface area contributed by atoms with E-state index in [1.807, 2.05) is 24.7 Å². The van der Waals surface area contributed by atoms with Crippen LogP contribution in [0.25, 0.3) is 0 Å². The molecule has 1 aliphatic carbocycles. The Morgan fingerprint density at radius 2 is 2.18 bits per heavy atom. The van der Waals surface area contributed by atoms with Crippen molar-refractivity contribution in [2.75, 3.05) is 6.61 Å². The molecule has 0 saturated heterocycles. The van der Waals surface area contributed by atoms with E-state index in [0.29, 0.717) is 0 Å². The first kappa shape index (κ1) is 12.6. The van der Waals surface area contributed by atoms with Gasteiger partial charge in [-0.2, -0.15) is 0 Å².